The van der Waals surface area contributed by atoms with E-state index < -0.39 is 0 Å². The highest BCUT2D eigenvalue weighted by molar-refractivity contribution is 5.10. The first-order chi connectivity index (χ1) is 9.64. The van der Waals surface area contributed by atoms with Crippen molar-refractivity contribution in [2.24, 2.45) is 23.5 Å². The Balaban J connectivity index is 1.56. The topological polar surface area (TPSA) is 64.9 Å². The third-order valence-electron chi connectivity index (χ3n) is 5.97. The van der Waals surface area contributed by atoms with Crippen LogP contribution in [0.2, 0.25) is 0 Å². The van der Waals surface area contributed by atoms with E-state index in [9.17, 15) is 0 Å². The summed E-state index contributed by atoms with van der Waals surface area (Å²) in [4.78, 5) is 4.74. The van der Waals surface area contributed by atoms with Crippen LogP contribution in [0, 0.1) is 17.8 Å². The summed E-state index contributed by atoms with van der Waals surface area (Å²) < 4.78 is 5.59. The molecule has 3 aliphatic carbocycles. The molecule has 3 saturated carbocycles. The molecule has 0 aromatic carbocycles. The SMILES string of the molecule is CC1CCCC(N)(c2nc(C3CC4CCC3C4)no2)C1. The Morgan fingerprint density at radius 3 is 2.85 bits per heavy atom. The average molecular weight is 275 g/mol. The summed E-state index contributed by atoms with van der Waals surface area (Å²) >= 11 is 0. The number of nitrogens with zero attached hydrogens (tertiary/aromatic N) is 2. The zero-order chi connectivity index (χ0) is 13.7. The van der Waals surface area contributed by atoms with Gasteiger partial charge in [0.15, 0.2) is 5.82 Å². The third-order valence-corrected chi connectivity index (χ3v) is 5.97. The van der Waals surface area contributed by atoms with E-state index in [1.807, 2.05) is 0 Å². The zero-order valence-electron chi connectivity index (χ0n) is 12.3. The van der Waals surface area contributed by atoms with Gasteiger partial charge in [0.25, 0.3) is 0 Å². The Bertz CT molecular complexity index is 500. The number of hydrogen-bond acceptors (Lipinski definition) is 4. The maximum absolute atomic E-state index is 6.56. The van der Waals surface area contributed by atoms with E-state index in [1.54, 1.807) is 0 Å². The van der Waals surface area contributed by atoms with Gasteiger partial charge in [0.05, 0.1) is 5.54 Å². The summed E-state index contributed by atoms with van der Waals surface area (Å²) in [6.45, 7) is 2.27. The van der Waals surface area contributed by atoms with E-state index in [1.165, 1.54) is 38.5 Å². The fourth-order valence-corrected chi connectivity index (χ4v) is 4.93. The van der Waals surface area contributed by atoms with Crippen molar-refractivity contribution in [2.75, 3.05) is 0 Å². The molecule has 4 nitrogen and oxygen atoms in total. The van der Waals surface area contributed by atoms with Gasteiger partial charge in [0.2, 0.25) is 5.89 Å². The standard InChI is InChI=1S/C16H25N3O/c1-10-3-2-6-16(17,9-10)15-18-14(19-20-15)13-8-11-4-5-12(13)7-11/h10-13H,2-9,17H2,1H3. The van der Waals surface area contributed by atoms with Crippen molar-refractivity contribution in [3.05, 3.63) is 11.7 Å². The molecular weight excluding hydrogens is 250 g/mol. The van der Waals surface area contributed by atoms with Crippen molar-refractivity contribution >= 4 is 0 Å². The highest BCUT2D eigenvalue weighted by Crippen LogP contribution is 2.52. The van der Waals surface area contributed by atoms with Gasteiger partial charge < -0.3 is 10.3 Å². The Morgan fingerprint density at radius 1 is 1.25 bits per heavy atom. The lowest BCUT2D eigenvalue weighted by atomic mass is 9.77. The Labute approximate surface area is 120 Å². The molecular formula is C16H25N3O. The third kappa shape index (κ3) is 2.00. The van der Waals surface area contributed by atoms with Gasteiger partial charge in [-0.2, -0.15) is 4.98 Å². The molecule has 4 rings (SSSR count). The molecule has 1 heterocycles. The van der Waals surface area contributed by atoms with E-state index in [0.29, 0.717) is 17.7 Å². The second-order valence-corrected chi connectivity index (χ2v) is 7.60. The predicted octanol–water partition coefficient (Wildman–Crippen LogP) is 3.34. The lowest BCUT2D eigenvalue weighted by Crippen LogP contribution is -2.41. The van der Waals surface area contributed by atoms with Crippen LogP contribution in [0.25, 0.3) is 0 Å². The Hall–Kier alpha value is -0.900. The molecule has 0 aliphatic heterocycles. The van der Waals surface area contributed by atoms with Crippen molar-refractivity contribution in [3.8, 4) is 0 Å². The minimum absolute atomic E-state index is 0.374. The zero-order valence-corrected chi connectivity index (χ0v) is 12.3. The van der Waals surface area contributed by atoms with Crippen LogP contribution >= 0.6 is 0 Å². The summed E-state index contributed by atoms with van der Waals surface area (Å²) in [5.41, 5.74) is 6.19. The summed E-state index contributed by atoms with van der Waals surface area (Å²) in [6, 6.07) is 0. The van der Waals surface area contributed by atoms with Crippen LogP contribution in [0.4, 0.5) is 0 Å². The predicted molar refractivity (Wildman–Crippen MR) is 76.0 cm³/mol. The number of nitrogens with two attached hydrogens (primary N) is 1. The molecule has 2 bridgehead atoms. The van der Waals surface area contributed by atoms with E-state index in [-0.39, 0.29) is 5.54 Å². The number of fused-ring (bicyclic) bond motifs is 2. The first kappa shape index (κ1) is 12.8. The maximum Gasteiger partial charge on any atom is 0.246 e. The minimum atomic E-state index is -0.374. The first-order valence-corrected chi connectivity index (χ1v) is 8.27. The van der Waals surface area contributed by atoms with Crippen LogP contribution < -0.4 is 5.73 Å². The average Bonchev–Trinajstić information content (AvgIpc) is 3.14. The summed E-state index contributed by atoms with van der Waals surface area (Å²) in [7, 11) is 0. The van der Waals surface area contributed by atoms with E-state index in [2.05, 4.69) is 12.1 Å². The smallest absolute Gasteiger partial charge is 0.246 e. The maximum atomic E-state index is 6.56. The van der Waals surface area contributed by atoms with Gasteiger partial charge in [-0.1, -0.05) is 31.3 Å². The molecule has 1 aromatic rings. The van der Waals surface area contributed by atoms with Crippen molar-refractivity contribution in [1.29, 1.82) is 0 Å². The second-order valence-electron chi connectivity index (χ2n) is 7.60. The van der Waals surface area contributed by atoms with Crippen molar-refractivity contribution < 1.29 is 4.52 Å². The molecule has 0 saturated heterocycles. The fourth-order valence-electron chi connectivity index (χ4n) is 4.93. The molecule has 0 spiro atoms. The molecule has 0 radical (unpaired) electrons. The molecule has 1 aromatic heterocycles. The van der Waals surface area contributed by atoms with Gasteiger partial charge >= 0.3 is 0 Å². The van der Waals surface area contributed by atoms with E-state index >= 15 is 0 Å². The summed E-state index contributed by atoms with van der Waals surface area (Å²) in [5, 5.41) is 4.30. The van der Waals surface area contributed by atoms with Crippen LogP contribution in [-0.4, -0.2) is 10.1 Å². The summed E-state index contributed by atoms with van der Waals surface area (Å²) in [6.07, 6.45) is 9.79. The normalized spacial score (nSPS) is 44.1. The van der Waals surface area contributed by atoms with Crippen molar-refractivity contribution in [3.63, 3.8) is 0 Å². The molecule has 20 heavy (non-hydrogen) atoms. The van der Waals surface area contributed by atoms with E-state index in [4.69, 9.17) is 15.2 Å². The van der Waals surface area contributed by atoms with Crippen LogP contribution in [0.1, 0.15) is 75.9 Å². The van der Waals surface area contributed by atoms with Gasteiger partial charge in [-0.15, -0.1) is 0 Å². The minimum Gasteiger partial charge on any atom is -0.337 e. The lowest BCUT2D eigenvalue weighted by Gasteiger charge is -2.33. The Kier molecular flexibility index (Phi) is 2.92. The van der Waals surface area contributed by atoms with Crippen molar-refractivity contribution in [2.45, 2.75) is 69.7 Å². The number of rotatable bonds is 2. The lowest BCUT2D eigenvalue weighted by molar-refractivity contribution is 0.183. The highest BCUT2D eigenvalue weighted by Gasteiger charge is 2.44. The Morgan fingerprint density at radius 2 is 2.15 bits per heavy atom. The number of hydrogen-bond donors (Lipinski definition) is 1. The van der Waals surface area contributed by atoms with Gasteiger partial charge in [-0.05, 0) is 49.9 Å². The molecule has 2 N–H and O–H groups in total. The van der Waals surface area contributed by atoms with Gasteiger partial charge in [-0.25, -0.2) is 0 Å². The van der Waals surface area contributed by atoms with Gasteiger partial charge in [0, 0.05) is 5.92 Å². The quantitative estimate of drug-likeness (QED) is 0.899. The second kappa shape index (κ2) is 4.55. The fraction of sp³-hybridized carbons (Fsp3) is 0.875. The van der Waals surface area contributed by atoms with Crippen LogP contribution in [-0.2, 0) is 5.54 Å². The highest BCUT2D eigenvalue weighted by atomic mass is 16.5. The molecule has 4 heteroatoms. The summed E-state index contributed by atoms with van der Waals surface area (Å²) in [5.74, 6) is 4.54. The molecule has 3 fully saturated rings. The van der Waals surface area contributed by atoms with E-state index in [0.717, 1.165) is 30.5 Å². The van der Waals surface area contributed by atoms with Crippen LogP contribution in [0.5, 0.6) is 0 Å². The molecule has 3 aliphatic rings. The molecule has 5 atom stereocenters. The van der Waals surface area contributed by atoms with Gasteiger partial charge in [-0.3, -0.25) is 0 Å². The van der Waals surface area contributed by atoms with Crippen LogP contribution in [0.3, 0.4) is 0 Å². The monoisotopic (exact) mass is 275 g/mol. The van der Waals surface area contributed by atoms with Crippen molar-refractivity contribution in [1.82, 2.24) is 10.1 Å². The molecule has 0 amide bonds. The molecule has 5 unspecified atom stereocenters. The van der Waals surface area contributed by atoms with Gasteiger partial charge in [0.1, 0.15) is 0 Å². The first-order valence-electron chi connectivity index (χ1n) is 8.27. The molecule has 110 valence electrons. The number of aromatic nitrogens is 2. The van der Waals surface area contributed by atoms with Crippen LogP contribution in [0.15, 0.2) is 4.52 Å². The largest absolute Gasteiger partial charge is 0.337 e.